The first-order chi connectivity index (χ1) is 21.9. The number of pyridine rings is 1. The van der Waals surface area contributed by atoms with Crippen molar-refractivity contribution in [2.75, 3.05) is 26.3 Å². The van der Waals surface area contributed by atoms with Crippen LogP contribution in [-0.4, -0.2) is 67.7 Å². The van der Waals surface area contributed by atoms with E-state index in [-0.39, 0.29) is 18.1 Å². The molecule has 1 amide bonds. The zero-order valence-corrected chi connectivity index (χ0v) is 26.5. The Morgan fingerprint density at radius 1 is 1.00 bits per heavy atom. The minimum atomic E-state index is -1.01. The van der Waals surface area contributed by atoms with Gasteiger partial charge in [0.05, 0.1) is 51.4 Å². The highest BCUT2D eigenvalue weighted by Gasteiger charge is 2.28. The highest BCUT2D eigenvalue weighted by molar-refractivity contribution is 7.15. The number of thiazole rings is 1. The van der Waals surface area contributed by atoms with Crippen molar-refractivity contribution >= 4 is 34.1 Å². The summed E-state index contributed by atoms with van der Waals surface area (Å²) >= 11 is 1.66. The monoisotopic (exact) mass is 623 g/mol. The lowest BCUT2D eigenvalue weighted by Crippen LogP contribution is -2.42. The topological polar surface area (TPSA) is 113 Å². The van der Waals surface area contributed by atoms with E-state index >= 15 is 0 Å². The summed E-state index contributed by atoms with van der Waals surface area (Å²) in [7, 11) is 0. The number of morpholine rings is 1. The molecule has 1 saturated heterocycles. The second-order valence-electron chi connectivity index (χ2n) is 12.1. The number of carboxylic acids is 1. The second-order valence-corrected chi connectivity index (χ2v) is 13.3. The van der Waals surface area contributed by atoms with E-state index in [1.165, 1.54) is 24.8 Å². The quantitative estimate of drug-likeness (QED) is 0.201. The number of carbonyl (C=O) groups excluding carboxylic acids is 1. The molecule has 5 aromatic rings. The molecule has 9 nitrogen and oxygen atoms in total. The Bertz CT molecular complexity index is 1890. The fraction of sp³-hybridized carbons (Fsp3) is 0.371. The molecular formula is C35H37N5O4S. The zero-order valence-electron chi connectivity index (χ0n) is 25.6. The fourth-order valence-corrected chi connectivity index (χ4v) is 7.79. The van der Waals surface area contributed by atoms with E-state index in [1.54, 1.807) is 23.6 Å². The van der Waals surface area contributed by atoms with Crippen molar-refractivity contribution in [3.8, 4) is 33.1 Å². The molecule has 45 heavy (non-hydrogen) atoms. The van der Waals surface area contributed by atoms with Crippen LogP contribution in [0.15, 0.2) is 48.7 Å². The van der Waals surface area contributed by atoms with E-state index in [9.17, 15) is 14.7 Å². The number of nitrogens with one attached hydrogen (secondary N) is 1. The van der Waals surface area contributed by atoms with Crippen LogP contribution in [0.1, 0.15) is 64.8 Å². The number of hydrogen-bond donors (Lipinski definition) is 2. The van der Waals surface area contributed by atoms with Crippen LogP contribution in [0.4, 0.5) is 0 Å². The molecule has 2 aliphatic rings. The molecule has 1 aliphatic heterocycles. The van der Waals surface area contributed by atoms with E-state index in [2.05, 4.69) is 50.9 Å². The summed E-state index contributed by atoms with van der Waals surface area (Å²) in [5, 5.41) is 11.7. The Morgan fingerprint density at radius 2 is 1.80 bits per heavy atom. The number of hydrogen-bond acceptors (Lipinski definition) is 6. The SMILES string of the molecule is Cc1nc(C)c(-c2ccc3cc(-c4c(C5CCCCC5)cc(-c5c[nH]c(C(=O)O)c5)n4CC(=O)N4CCOCC4)ccc3n2)s1. The first-order valence-corrected chi connectivity index (χ1v) is 16.5. The number of fused-ring (bicyclic) bond motifs is 1. The number of aromatic carboxylic acids is 1. The highest BCUT2D eigenvalue weighted by atomic mass is 32.1. The molecule has 1 aromatic carbocycles. The van der Waals surface area contributed by atoms with Gasteiger partial charge in [0.2, 0.25) is 5.91 Å². The number of carboxylic acid groups (broad SMARTS) is 1. The molecule has 2 N–H and O–H groups in total. The molecule has 1 aliphatic carbocycles. The Kier molecular flexibility index (Phi) is 8.01. The third-order valence-corrected chi connectivity index (χ3v) is 10.2. The largest absolute Gasteiger partial charge is 0.477 e. The number of nitrogens with zero attached hydrogens (tertiary/aromatic N) is 4. The van der Waals surface area contributed by atoms with Gasteiger partial charge in [0, 0.05) is 30.2 Å². The number of benzene rings is 1. The van der Waals surface area contributed by atoms with Gasteiger partial charge in [-0.15, -0.1) is 11.3 Å². The molecule has 4 aromatic heterocycles. The highest BCUT2D eigenvalue weighted by Crippen LogP contribution is 2.43. The summed E-state index contributed by atoms with van der Waals surface area (Å²) in [5.41, 5.74) is 7.81. The Balaban J connectivity index is 1.38. The normalized spacial score (nSPS) is 16.0. The summed E-state index contributed by atoms with van der Waals surface area (Å²) in [6.07, 6.45) is 7.49. The smallest absolute Gasteiger partial charge is 0.352 e. The summed E-state index contributed by atoms with van der Waals surface area (Å²) in [6, 6.07) is 14.4. The predicted molar refractivity (Wildman–Crippen MR) is 176 cm³/mol. The third-order valence-electron chi connectivity index (χ3n) is 9.14. The van der Waals surface area contributed by atoms with Crippen molar-refractivity contribution in [3.05, 3.63) is 70.6 Å². The summed E-state index contributed by atoms with van der Waals surface area (Å²) < 4.78 is 7.62. The molecule has 0 atom stereocenters. The van der Waals surface area contributed by atoms with Crippen molar-refractivity contribution in [1.82, 2.24) is 24.4 Å². The summed E-state index contributed by atoms with van der Waals surface area (Å²) in [6.45, 7) is 6.39. The van der Waals surface area contributed by atoms with E-state index < -0.39 is 5.97 Å². The minimum Gasteiger partial charge on any atom is -0.477 e. The van der Waals surface area contributed by atoms with E-state index in [4.69, 9.17) is 9.72 Å². The number of aromatic amines is 1. The third kappa shape index (κ3) is 5.80. The molecular weight excluding hydrogens is 586 g/mol. The first kappa shape index (κ1) is 29.4. The van der Waals surface area contributed by atoms with Gasteiger partial charge in [-0.3, -0.25) is 4.79 Å². The van der Waals surface area contributed by atoms with Crippen LogP contribution in [0.5, 0.6) is 0 Å². The lowest BCUT2D eigenvalue weighted by Gasteiger charge is -2.28. The maximum atomic E-state index is 13.8. The number of amides is 1. The average Bonchev–Trinajstić information content (AvgIpc) is 3.78. The molecule has 10 heteroatoms. The molecule has 232 valence electrons. The maximum absolute atomic E-state index is 13.8. The van der Waals surface area contributed by atoms with Gasteiger partial charge in [0.25, 0.3) is 0 Å². The average molecular weight is 624 g/mol. The predicted octanol–water partition coefficient (Wildman–Crippen LogP) is 7.04. The summed E-state index contributed by atoms with van der Waals surface area (Å²) in [5.74, 6) is -0.622. The molecule has 2 fully saturated rings. The molecule has 0 unspecified atom stereocenters. The molecule has 0 bridgehead atoms. The van der Waals surface area contributed by atoms with E-state index in [0.717, 1.165) is 67.5 Å². The number of ether oxygens (including phenoxy) is 1. The van der Waals surface area contributed by atoms with E-state index in [1.807, 2.05) is 18.7 Å². The maximum Gasteiger partial charge on any atom is 0.352 e. The number of rotatable bonds is 7. The van der Waals surface area contributed by atoms with E-state index in [0.29, 0.717) is 32.2 Å². The van der Waals surface area contributed by atoms with Crippen LogP contribution in [-0.2, 0) is 16.1 Å². The van der Waals surface area contributed by atoms with Crippen LogP contribution in [0.25, 0.3) is 44.0 Å². The Morgan fingerprint density at radius 3 is 2.51 bits per heavy atom. The lowest BCUT2D eigenvalue weighted by molar-refractivity contribution is -0.135. The molecule has 0 spiro atoms. The number of aromatic nitrogens is 4. The molecule has 7 rings (SSSR count). The van der Waals surface area contributed by atoms with Gasteiger partial charge in [0.1, 0.15) is 12.2 Å². The molecule has 5 heterocycles. The number of carbonyl (C=O) groups is 2. The molecule has 0 radical (unpaired) electrons. The minimum absolute atomic E-state index is 0.0305. The number of H-pyrrole nitrogens is 1. The van der Waals surface area contributed by atoms with Gasteiger partial charge in [-0.1, -0.05) is 31.4 Å². The van der Waals surface area contributed by atoms with Crippen molar-refractivity contribution in [1.29, 1.82) is 0 Å². The lowest BCUT2D eigenvalue weighted by atomic mass is 9.83. The standard InChI is InChI=1S/C35H37N5O4S/c1-21-34(45-22(2)37-21)29-11-8-24-16-25(9-10-28(24)38-29)33-27(23-6-4-3-5-7-23)18-31(26-17-30(35(42)43)36-19-26)40(33)20-32(41)39-12-14-44-15-13-39/h8-11,16-19,23,36H,3-7,12-15,20H2,1-2H3,(H,42,43). The van der Waals surface area contributed by atoms with Crippen LogP contribution < -0.4 is 0 Å². The Labute approximate surface area is 265 Å². The first-order valence-electron chi connectivity index (χ1n) is 15.7. The van der Waals surface area contributed by atoms with Crippen molar-refractivity contribution in [2.45, 2.75) is 58.4 Å². The fourth-order valence-electron chi connectivity index (χ4n) is 6.90. The van der Waals surface area contributed by atoms with Gasteiger partial charge >= 0.3 is 5.97 Å². The zero-order chi connectivity index (χ0) is 31.1. The van der Waals surface area contributed by atoms with Crippen LogP contribution in [0.2, 0.25) is 0 Å². The van der Waals surface area contributed by atoms with Gasteiger partial charge in [-0.2, -0.15) is 0 Å². The number of aryl methyl sites for hydroxylation is 2. The van der Waals surface area contributed by atoms with Crippen molar-refractivity contribution < 1.29 is 19.4 Å². The van der Waals surface area contributed by atoms with Gasteiger partial charge in [0.15, 0.2) is 0 Å². The van der Waals surface area contributed by atoms with Crippen LogP contribution in [0.3, 0.4) is 0 Å². The van der Waals surface area contributed by atoms with Gasteiger partial charge in [-0.05, 0) is 74.1 Å². The van der Waals surface area contributed by atoms with Gasteiger partial charge < -0.3 is 24.3 Å². The van der Waals surface area contributed by atoms with Crippen molar-refractivity contribution in [2.24, 2.45) is 0 Å². The van der Waals surface area contributed by atoms with Gasteiger partial charge in [-0.25, -0.2) is 14.8 Å². The van der Waals surface area contributed by atoms with Crippen LogP contribution in [0, 0.1) is 13.8 Å². The molecule has 1 saturated carbocycles. The Hall–Kier alpha value is -4.28. The summed E-state index contributed by atoms with van der Waals surface area (Å²) in [4.78, 5) is 41.0. The van der Waals surface area contributed by atoms with Crippen LogP contribution >= 0.6 is 11.3 Å². The van der Waals surface area contributed by atoms with Crippen molar-refractivity contribution in [3.63, 3.8) is 0 Å². The second kappa shape index (κ2) is 12.3.